The number of alkyl halides is 1. The number of halogens is 2. The fourth-order valence-corrected chi connectivity index (χ4v) is 1.73. The number of rotatable bonds is 3. The van der Waals surface area contributed by atoms with Gasteiger partial charge in [-0.1, -0.05) is 27.5 Å². The van der Waals surface area contributed by atoms with E-state index in [2.05, 4.69) is 28.6 Å². The lowest BCUT2D eigenvalue weighted by molar-refractivity contribution is 0.0990. The molecule has 0 aliphatic heterocycles. The zero-order valence-electron chi connectivity index (χ0n) is 6.76. The van der Waals surface area contributed by atoms with Crippen LogP contribution < -0.4 is 0 Å². The average molecular weight is 280 g/mol. The molecule has 0 radical (unpaired) electrons. The van der Waals surface area contributed by atoms with Gasteiger partial charge < -0.3 is 0 Å². The van der Waals surface area contributed by atoms with Gasteiger partial charge in [0, 0.05) is 22.2 Å². The third-order valence-corrected chi connectivity index (χ3v) is 2.58. The summed E-state index contributed by atoms with van der Waals surface area (Å²) in [5.74, 6) is 0.0396. The molecule has 0 aromatic heterocycles. The molecular weight excluding hydrogens is 272 g/mol. The van der Waals surface area contributed by atoms with Crippen molar-refractivity contribution in [2.45, 2.75) is 11.3 Å². The number of Topliss-reactive ketones (excluding diaryl/α,β-unsaturated/α-hetero) is 1. The normalized spacial score (nSPS) is 10.1. The van der Waals surface area contributed by atoms with Crippen LogP contribution in [-0.4, -0.2) is 11.1 Å². The van der Waals surface area contributed by atoms with Gasteiger partial charge in [-0.3, -0.25) is 4.79 Å². The molecular formula is C9H8BrClOS. The van der Waals surface area contributed by atoms with E-state index in [1.807, 2.05) is 0 Å². The Hall–Kier alpha value is 0.01000. The number of thiol groups is 1. The second-order valence-electron chi connectivity index (χ2n) is 2.53. The van der Waals surface area contributed by atoms with Gasteiger partial charge in [0.05, 0.1) is 5.02 Å². The molecule has 1 rings (SSSR count). The van der Waals surface area contributed by atoms with Crippen LogP contribution in [0, 0.1) is 0 Å². The zero-order chi connectivity index (χ0) is 9.84. The molecule has 1 aromatic rings. The molecule has 0 aliphatic carbocycles. The lowest BCUT2D eigenvalue weighted by Gasteiger charge is -2.02. The van der Waals surface area contributed by atoms with Crippen LogP contribution in [0.3, 0.4) is 0 Å². The lowest BCUT2D eigenvalue weighted by Crippen LogP contribution is -2.00. The standard InChI is InChI=1S/C9H8BrClOS/c10-4-3-9(12)7-5-6(13)1-2-8(7)11/h1-2,5,13H,3-4H2. The van der Waals surface area contributed by atoms with Crippen molar-refractivity contribution < 1.29 is 4.79 Å². The van der Waals surface area contributed by atoms with Crippen LogP contribution in [0.4, 0.5) is 0 Å². The van der Waals surface area contributed by atoms with Crippen LogP contribution in [0.5, 0.6) is 0 Å². The Bertz CT molecular complexity index is 327. The van der Waals surface area contributed by atoms with Crippen LogP contribution in [0.1, 0.15) is 16.8 Å². The number of hydrogen-bond donors (Lipinski definition) is 1. The van der Waals surface area contributed by atoms with E-state index in [9.17, 15) is 4.79 Å². The van der Waals surface area contributed by atoms with Crippen molar-refractivity contribution in [2.24, 2.45) is 0 Å². The van der Waals surface area contributed by atoms with Crippen molar-refractivity contribution in [3.05, 3.63) is 28.8 Å². The Kier molecular flexibility index (Phi) is 4.29. The summed E-state index contributed by atoms with van der Waals surface area (Å²) < 4.78 is 0. The summed E-state index contributed by atoms with van der Waals surface area (Å²) in [6, 6.07) is 5.14. The van der Waals surface area contributed by atoms with Gasteiger partial charge in [0.25, 0.3) is 0 Å². The van der Waals surface area contributed by atoms with Crippen LogP contribution in [0.25, 0.3) is 0 Å². The van der Waals surface area contributed by atoms with Crippen molar-refractivity contribution in [3.8, 4) is 0 Å². The Labute approximate surface area is 96.0 Å². The van der Waals surface area contributed by atoms with Gasteiger partial charge in [-0.15, -0.1) is 12.6 Å². The van der Waals surface area contributed by atoms with E-state index in [1.54, 1.807) is 18.2 Å². The van der Waals surface area contributed by atoms with Gasteiger partial charge in [0.15, 0.2) is 5.78 Å². The zero-order valence-corrected chi connectivity index (χ0v) is 9.99. The van der Waals surface area contributed by atoms with Crippen molar-refractivity contribution in [1.82, 2.24) is 0 Å². The number of benzene rings is 1. The number of carbonyl (C=O) groups is 1. The first-order valence-corrected chi connectivity index (χ1v) is 5.67. The molecule has 0 saturated carbocycles. The predicted molar refractivity (Wildman–Crippen MR) is 61.4 cm³/mol. The molecule has 0 amide bonds. The summed E-state index contributed by atoms with van der Waals surface area (Å²) in [4.78, 5) is 12.2. The topological polar surface area (TPSA) is 17.1 Å². The minimum absolute atomic E-state index is 0.0396. The van der Waals surface area contributed by atoms with Crippen LogP contribution in [-0.2, 0) is 0 Å². The molecule has 70 valence electrons. The van der Waals surface area contributed by atoms with Gasteiger partial charge in [-0.05, 0) is 18.2 Å². The smallest absolute Gasteiger partial charge is 0.165 e. The monoisotopic (exact) mass is 278 g/mol. The SMILES string of the molecule is O=C(CCBr)c1cc(S)ccc1Cl. The second kappa shape index (κ2) is 5.03. The summed E-state index contributed by atoms with van der Waals surface area (Å²) >= 11 is 13.2. The van der Waals surface area contributed by atoms with Crippen molar-refractivity contribution in [2.75, 3.05) is 5.33 Å². The molecule has 0 atom stereocenters. The molecule has 1 nitrogen and oxygen atoms in total. The van der Waals surface area contributed by atoms with Crippen LogP contribution in [0.2, 0.25) is 5.02 Å². The highest BCUT2D eigenvalue weighted by molar-refractivity contribution is 9.09. The molecule has 13 heavy (non-hydrogen) atoms. The predicted octanol–water partition coefficient (Wildman–Crippen LogP) is 3.60. The summed E-state index contributed by atoms with van der Waals surface area (Å²) in [6.45, 7) is 0. The van der Waals surface area contributed by atoms with Gasteiger partial charge in [0.1, 0.15) is 0 Å². The Morgan fingerprint density at radius 2 is 2.23 bits per heavy atom. The molecule has 0 fully saturated rings. The first-order chi connectivity index (χ1) is 6.15. The largest absolute Gasteiger partial charge is 0.294 e. The third kappa shape index (κ3) is 3.01. The Morgan fingerprint density at radius 1 is 1.54 bits per heavy atom. The van der Waals surface area contributed by atoms with E-state index < -0.39 is 0 Å². The van der Waals surface area contributed by atoms with Crippen LogP contribution in [0.15, 0.2) is 23.1 Å². The van der Waals surface area contributed by atoms with Gasteiger partial charge in [-0.2, -0.15) is 0 Å². The number of ketones is 1. The van der Waals surface area contributed by atoms with Gasteiger partial charge in [0.2, 0.25) is 0 Å². The fourth-order valence-electron chi connectivity index (χ4n) is 0.947. The number of carbonyl (C=O) groups excluding carboxylic acids is 1. The maximum Gasteiger partial charge on any atom is 0.165 e. The quantitative estimate of drug-likeness (QED) is 0.508. The maximum absolute atomic E-state index is 11.5. The molecule has 0 saturated heterocycles. The fraction of sp³-hybridized carbons (Fsp3) is 0.222. The van der Waals surface area contributed by atoms with E-state index in [0.717, 1.165) is 4.90 Å². The molecule has 0 aliphatic rings. The molecule has 0 bridgehead atoms. The van der Waals surface area contributed by atoms with E-state index in [-0.39, 0.29) is 5.78 Å². The molecule has 0 heterocycles. The maximum atomic E-state index is 11.5. The highest BCUT2D eigenvalue weighted by Crippen LogP contribution is 2.21. The summed E-state index contributed by atoms with van der Waals surface area (Å²) in [5, 5.41) is 1.14. The van der Waals surface area contributed by atoms with Crippen molar-refractivity contribution in [1.29, 1.82) is 0 Å². The van der Waals surface area contributed by atoms with Crippen molar-refractivity contribution in [3.63, 3.8) is 0 Å². The minimum atomic E-state index is 0.0396. The van der Waals surface area contributed by atoms with Gasteiger partial charge in [-0.25, -0.2) is 0 Å². The van der Waals surface area contributed by atoms with E-state index in [1.165, 1.54) is 0 Å². The summed E-state index contributed by atoms with van der Waals surface area (Å²) in [5.41, 5.74) is 0.550. The summed E-state index contributed by atoms with van der Waals surface area (Å²) in [6.07, 6.45) is 0.455. The van der Waals surface area contributed by atoms with Crippen molar-refractivity contribution >= 4 is 45.9 Å². The molecule has 0 spiro atoms. The third-order valence-electron chi connectivity index (χ3n) is 1.57. The average Bonchev–Trinajstić information content (AvgIpc) is 2.09. The highest BCUT2D eigenvalue weighted by Gasteiger charge is 2.09. The minimum Gasteiger partial charge on any atom is -0.294 e. The molecule has 1 aromatic carbocycles. The highest BCUT2D eigenvalue weighted by atomic mass is 79.9. The molecule has 0 unspecified atom stereocenters. The first kappa shape index (κ1) is 11.1. The first-order valence-electron chi connectivity index (χ1n) is 3.73. The van der Waals surface area contributed by atoms with Gasteiger partial charge >= 0.3 is 0 Å². The second-order valence-corrected chi connectivity index (χ2v) is 4.24. The Balaban J connectivity index is 2.99. The Morgan fingerprint density at radius 3 is 2.85 bits per heavy atom. The van der Waals surface area contributed by atoms with E-state index >= 15 is 0 Å². The number of hydrogen-bond acceptors (Lipinski definition) is 2. The van der Waals surface area contributed by atoms with E-state index in [0.29, 0.717) is 22.3 Å². The van der Waals surface area contributed by atoms with E-state index in [4.69, 9.17) is 11.6 Å². The lowest BCUT2D eigenvalue weighted by atomic mass is 10.1. The summed E-state index contributed by atoms with van der Waals surface area (Å²) in [7, 11) is 0. The van der Waals surface area contributed by atoms with Crippen LogP contribution >= 0.6 is 40.2 Å². The molecule has 0 N–H and O–H groups in total. The molecule has 4 heteroatoms.